The summed E-state index contributed by atoms with van der Waals surface area (Å²) in [4.78, 5) is 4.52. The van der Waals surface area contributed by atoms with Crippen LogP contribution in [0, 0.1) is 5.92 Å². The molecule has 2 nitrogen and oxygen atoms in total. The molecule has 0 atom stereocenters. The number of hydrogen-bond acceptors (Lipinski definition) is 2. The maximum Gasteiger partial charge on any atom is 0.0573 e. The van der Waals surface area contributed by atoms with Crippen LogP contribution in [-0.2, 0) is 13.0 Å². The Morgan fingerprint density at radius 1 is 1.21 bits per heavy atom. The molecular formula is C17H28N2. The normalized spacial score (nSPS) is 23.5. The first-order valence-corrected chi connectivity index (χ1v) is 7.99. The third kappa shape index (κ3) is 4.31. The lowest BCUT2D eigenvalue weighted by atomic mass is 9.83. The first-order valence-electron chi connectivity index (χ1n) is 7.99. The van der Waals surface area contributed by atoms with Crippen molar-refractivity contribution in [1.29, 1.82) is 0 Å². The average Bonchev–Trinajstić information content (AvgIpc) is 2.47. The third-order valence-electron chi connectivity index (χ3n) is 4.47. The molecule has 0 unspecified atom stereocenters. The Labute approximate surface area is 118 Å². The number of aromatic nitrogens is 1. The van der Waals surface area contributed by atoms with Crippen molar-refractivity contribution in [3.05, 3.63) is 29.6 Å². The van der Waals surface area contributed by atoms with Crippen LogP contribution in [0.2, 0.25) is 0 Å². The fourth-order valence-corrected chi connectivity index (χ4v) is 3.26. The molecule has 0 radical (unpaired) electrons. The van der Waals surface area contributed by atoms with E-state index in [1.165, 1.54) is 49.8 Å². The minimum atomic E-state index is 0.708. The van der Waals surface area contributed by atoms with Crippen LogP contribution in [-0.4, -0.2) is 11.0 Å². The van der Waals surface area contributed by atoms with Gasteiger partial charge >= 0.3 is 0 Å². The predicted molar refractivity (Wildman–Crippen MR) is 81.1 cm³/mol. The first kappa shape index (κ1) is 14.5. The van der Waals surface area contributed by atoms with Gasteiger partial charge in [-0.2, -0.15) is 0 Å². The SMILES string of the molecule is CCCC1CCC(NCc2ncccc2CC)CC1. The second-order valence-electron chi connectivity index (χ2n) is 5.85. The molecule has 1 fully saturated rings. The summed E-state index contributed by atoms with van der Waals surface area (Å²) in [5.74, 6) is 0.990. The zero-order valence-corrected chi connectivity index (χ0v) is 12.5. The van der Waals surface area contributed by atoms with Crippen molar-refractivity contribution in [3.8, 4) is 0 Å². The molecule has 0 amide bonds. The summed E-state index contributed by atoms with van der Waals surface area (Å²) in [5.41, 5.74) is 2.62. The highest BCUT2D eigenvalue weighted by Crippen LogP contribution is 2.27. The number of hydrogen-bond donors (Lipinski definition) is 1. The molecule has 1 aliphatic rings. The molecule has 0 saturated heterocycles. The molecule has 1 aromatic rings. The monoisotopic (exact) mass is 260 g/mol. The van der Waals surface area contributed by atoms with E-state index in [0.717, 1.165) is 18.9 Å². The summed E-state index contributed by atoms with van der Waals surface area (Å²) in [6, 6.07) is 4.94. The van der Waals surface area contributed by atoms with Gasteiger partial charge in [0.25, 0.3) is 0 Å². The standard InChI is InChI=1S/C17H28N2/c1-3-6-14-8-10-16(11-9-14)19-13-17-15(4-2)7-5-12-18-17/h5,7,12,14,16,19H,3-4,6,8-11,13H2,1-2H3. The maximum atomic E-state index is 4.52. The Kier molecular flexibility index (Phi) is 5.84. The van der Waals surface area contributed by atoms with Gasteiger partial charge in [0.15, 0.2) is 0 Å². The van der Waals surface area contributed by atoms with Crippen LogP contribution in [0.5, 0.6) is 0 Å². The topological polar surface area (TPSA) is 24.9 Å². The van der Waals surface area contributed by atoms with Crippen LogP contribution >= 0.6 is 0 Å². The molecule has 1 saturated carbocycles. The van der Waals surface area contributed by atoms with Crippen LogP contribution < -0.4 is 5.32 Å². The predicted octanol–water partition coefficient (Wildman–Crippen LogP) is 4.09. The number of nitrogens with zero attached hydrogens (tertiary/aromatic N) is 1. The lowest BCUT2D eigenvalue weighted by Crippen LogP contribution is -2.33. The zero-order chi connectivity index (χ0) is 13.5. The van der Waals surface area contributed by atoms with Gasteiger partial charge in [-0.15, -0.1) is 0 Å². The molecule has 1 aromatic heterocycles. The smallest absolute Gasteiger partial charge is 0.0573 e. The van der Waals surface area contributed by atoms with Crippen molar-refractivity contribution in [2.24, 2.45) is 5.92 Å². The highest BCUT2D eigenvalue weighted by atomic mass is 14.9. The Hall–Kier alpha value is -0.890. The van der Waals surface area contributed by atoms with Crippen molar-refractivity contribution in [2.45, 2.75) is 71.4 Å². The van der Waals surface area contributed by atoms with Gasteiger partial charge in [0.05, 0.1) is 5.69 Å². The highest BCUT2D eigenvalue weighted by Gasteiger charge is 2.20. The fourth-order valence-electron chi connectivity index (χ4n) is 3.26. The van der Waals surface area contributed by atoms with Crippen molar-refractivity contribution < 1.29 is 0 Å². The molecule has 1 aliphatic carbocycles. The second-order valence-corrected chi connectivity index (χ2v) is 5.85. The largest absolute Gasteiger partial charge is 0.308 e. The van der Waals surface area contributed by atoms with Gasteiger partial charge in [-0.05, 0) is 49.7 Å². The van der Waals surface area contributed by atoms with Crippen LogP contribution in [0.4, 0.5) is 0 Å². The van der Waals surface area contributed by atoms with Crippen molar-refractivity contribution in [1.82, 2.24) is 10.3 Å². The zero-order valence-electron chi connectivity index (χ0n) is 12.5. The average molecular weight is 260 g/mol. The van der Waals surface area contributed by atoms with Gasteiger partial charge in [-0.3, -0.25) is 4.98 Å². The van der Waals surface area contributed by atoms with Gasteiger partial charge in [-0.1, -0.05) is 32.8 Å². The van der Waals surface area contributed by atoms with E-state index in [1.54, 1.807) is 0 Å². The van der Waals surface area contributed by atoms with Gasteiger partial charge in [0.2, 0.25) is 0 Å². The number of nitrogens with one attached hydrogen (secondary N) is 1. The summed E-state index contributed by atoms with van der Waals surface area (Å²) >= 11 is 0. The van der Waals surface area contributed by atoms with E-state index < -0.39 is 0 Å². The minimum absolute atomic E-state index is 0.708. The Morgan fingerprint density at radius 3 is 2.68 bits per heavy atom. The van der Waals surface area contributed by atoms with Crippen molar-refractivity contribution in [2.75, 3.05) is 0 Å². The summed E-state index contributed by atoms with van der Waals surface area (Å²) in [5, 5.41) is 3.71. The van der Waals surface area contributed by atoms with Crippen LogP contribution in [0.3, 0.4) is 0 Å². The van der Waals surface area contributed by atoms with E-state index in [0.29, 0.717) is 6.04 Å². The van der Waals surface area contributed by atoms with Crippen LogP contribution in [0.15, 0.2) is 18.3 Å². The third-order valence-corrected chi connectivity index (χ3v) is 4.47. The van der Waals surface area contributed by atoms with Crippen molar-refractivity contribution in [3.63, 3.8) is 0 Å². The van der Waals surface area contributed by atoms with Gasteiger partial charge in [0.1, 0.15) is 0 Å². The molecule has 2 rings (SSSR count). The summed E-state index contributed by atoms with van der Waals surface area (Å²) < 4.78 is 0. The second kappa shape index (κ2) is 7.64. The first-order chi connectivity index (χ1) is 9.33. The number of aryl methyl sites for hydroxylation is 1. The Bertz CT molecular complexity index is 367. The van der Waals surface area contributed by atoms with E-state index in [1.807, 2.05) is 12.3 Å². The van der Waals surface area contributed by atoms with E-state index in [9.17, 15) is 0 Å². The van der Waals surface area contributed by atoms with Gasteiger partial charge < -0.3 is 5.32 Å². The number of rotatable bonds is 6. The molecule has 0 aliphatic heterocycles. The summed E-state index contributed by atoms with van der Waals surface area (Å²) in [6.45, 7) is 5.45. The Balaban J connectivity index is 1.77. The molecule has 19 heavy (non-hydrogen) atoms. The van der Waals surface area contributed by atoms with E-state index in [-0.39, 0.29) is 0 Å². The number of pyridine rings is 1. The highest BCUT2D eigenvalue weighted by molar-refractivity contribution is 5.19. The Morgan fingerprint density at radius 2 is 2.00 bits per heavy atom. The lowest BCUT2D eigenvalue weighted by molar-refractivity contribution is 0.277. The molecule has 1 N–H and O–H groups in total. The van der Waals surface area contributed by atoms with Crippen LogP contribution in [0.1, 0.15) is 63.6 Å². The quantitative estimate of drug-likeness (QED) is 0.833. The van der Waals surface area contributed by atoms with Crippen LogP contribution in [0.25, 0.3) is 0 Å². The molecule has 0 bridgehead atoms. The maximum absolute atomic E-state index is 4.52. The van der Waals surface area contributed by atoms with E-state index >= 15 is 0 Å². The molecule has 0 spiro atoms. The van der Waals surface area contributed by atoms with E-state index in [4.69, 9.17) is 0 Å². The molecule has 1 heterocycles. The summed E-state index contributed by atoms with van der Waals surface area (Å²) in [7, 11) is 0. The fraction of sp³-hybridized carbons (Fsp3) is 0.706. The molecular weight excluding hydrogens is 232 g/mol. The molecule has 0 aromatic carbocycles. The van der Waals surface area contributed by atoms with Gasteiger partial charge in [-0.25, -0.2) is 0 Å². The molecule has 106 valence electrons. The summed E-state index contributed by atoms with van der Waals surface area (Å²) in [6.07, 6.45) is 11.3. The molecule has 2 heteroatoms. The van der Waals surface area contributed by atoms with Gasteiger partial charge in [0, 0.05) is 18.8 Å². The minimum Gasteiger partial charge on any atom is -0.308 e. The van der Waals surface area contributed by atoms with Crippen molar-refractivity contribution >= 4 is 0 Å². The van der Waals surface area contributed by atoms with E-state index in [2.05, 4.69) is 30.2 Å². The lowest BCUT2D eigenvalue weighted by Gasteiger charge is -2.29.